The second-order valence-corrected chi connectivity index (χ2v) is 6.72. The van der Waals surface area contributed by atoms with Gasteiger partial charge in [0.15, 0.2) is 0 Å². The van der Waals surface area contributed by atoms with Crippen LogP contribution in [0.15, 0.2) is 29.6 Å². The van der Waals surface area contributed by atoms with E-state index >= 15 is 0 Å². The van der Waals surface area contributed by atoms with Crippen LogP contribution in [0.3, 0.4) is 0 Å². The van der Waals surface area contributed by atoms with E-state index < -0.39 is 0 Å². The highest BCUT2D eigenvalue weighted by Crippen LogP contribution is 2.26. The molecular weight excluding hydrogens is 240 g/mol. The van der Waals surface area contributed by atoms with E-state index in [0.717, 1.165) is 13.1 Å². The SMILES string of the molecule is CC1(C)CC(NCc2csc3ccccc23)CN1. The van der Waals surface area contributed by atoms with Crippen molar-refractivity contribution in [2.24, 2.45) is 0 Å². The fourth-order valence-corrected chi connectivity index (χ4v) is 3.69. The van der Waals surface area contributed by atoms with Crippen molar-refractivity contribution in [2.45, 2.75) is 38.4 Å². The number of hydrogen-bond acceptors (Lipinski definition) is 3. The third-order valence-corrected chi connectivity index (χ3v) is 4.74. The summed E-state index contributed by atoms with van der Waals surface area (Å²) in [5, 5.41) is 10.9. The Hall–Kier alpha value is -0.900. The molecule has 1 fully saturated rings. The number of thiophene rings is 1. The first-order chi connectivity index (χ1) is 8.64. The zero-order chi connectivity index (χ0) is 12.6. The first-order valence-electron chi connectivity index (χ1n) is 6.58. The van der Waals surface area contributed by atoms with Gasteiger partial charge < -0.3 is 10.6 Å². The maximum Gasteiger partial charge on any atom is 0.0346 e. The van der Waals surface area contributed by atoms with Gasteiger partial charge in [-0.25, -0.2) is 0 Å². The molecule has 2 aromatic rings. The molecule has 1 aromatic carbocycles. The van der Waals surface area contributed by atoms with Gasteiger partial charge in [-0.15, -0.1) is 11.3 Å². The van der Waals surface area contributed by atoms with E-state index in [-0.39, 0.29) is 5.54 Å². The van der Waals surface area contributed by atoms with Gasteiger partial charge in [0.05, 0.1) is 0 Å². The minimum absolute atomic E-state index is 0.286. The Morgan fingerprint density at radius 1 is 1.39 bits per heavy atom. The van der Waals surface area contributed by atoms with Gasteiger partial charge in [0.2, 0.25) is 0 Å². The van der Waals surface area contributed by atoms with Crippen LogP contribution in [0.4, 0.5) is 0 Å². The van der Waals surface area contributed by atoms with Crippen LogP contribution in [0.5, 0.6) is 0 Å². The number of fused-ring (bicyclic) bond motifs is 1. The summed E-state index contributed by atoms with van der Waals surface area (Å²) in [7, 11) is 0. The zero-order valence-corrected chi connectivity index (χ0v) is 11.8. The topological polar surface area (TPSA) is 24.1 Å². The Bertz CT molecular complexity index is 544. The molecule has 0 amide bonds. The molecule has 3 heteroatoms. The minimum atomic E-state index is 0.286. The monoisotopic (exact) mass is 260 g/mol. The first-order valence-corrected chi connectivity index (χ1v) is 7.45. The van der Waals surface area contributed by atoms with Crippen LogP contribution in [-0.4, -0.2) is 18.1 Å². The zero-order valence-electron chi connectivity index (χ0n) is 11.0. The third kappa shape index (κ3) is 2.44. The van der Waals surface area contributed by atoms with Crippen molar-refractivity contribution in [2.75, 3.05) is 6.54 Å². The summed E-state index contributed by atoms with van der Waals surface area (Å²) in [5.41, 5.74) is 1.72. The predicted octanol–water partition coefficient (Wildman–Crippen LogP) is 3.13. The lowest BCUT2D eigenvalue weighted by atomic mass is 10.0. The fourth-order valence-electron chi connectivity index (χ4n) is 2.73. The van der Waals surface area contributed by atoms with Gasteiger partial charge >= 0.3 is 0 Å². The normalized spacial score (nSPS) is 22.7. The fraction of sp³-hybridized carbons (Fsp3) is 0.467. The Morgan fingerprint density at radius 2 is 2.22 bits per heavy atom. The van der Waals surface area contributed by atoms with E-state index in [1.165, 1.54) is 22.1 Å². The van der Waals surface area contributed by atoms with E-state index in [1.807, 2.05) is 11.3 Å². The molecule has 18 heavy (non-hydrogen) atoms. The molecule has 0 saturated carbocycles. The van der Waals surface area contributed by atoms with Gasteiger partial charge in [-0.05, 0) is 42.7 Å². The van der Waals surface area contributed by atoms with Crippen LogP contribution in [0, 0.1) is 0 Å². The van der Waals surface area contributed by atoms with Crippen LogP contribution in [-0.2, 0) is 6.54 Å². The van der Waals surface area contributed by atoms with Crippen LogP contribution in [0.1, 0.15) is 25.8 Å². The second kappa shape index (κ2) is 4.65. The van der Waals surface area contributed by atoms with Gasteiger partial charge in [-0.2, -0.15) is 0 Å². The summed E-state index contributed by atoms with van der Waals surface area (Å²) in [4.78, 5) is 0. The molecule has 1 aliphatic heterocycles. The standard InChI is InChI=1S/C15H20N2S/c1-15(2)7-12(9-17-15)16-8-11-10-18-14-6-4-3-5-13(11)14/h3-6,10,12,16-17H,7-9H2,1-2H3. The number of hydrogen-bond donors (Lipinski definition) is 2. The summed E-state index contributed by atoms with van der Waals surface area (Å²) in [5.74, 6) is 0. The molecule has 96 valence electrons. The third-order valence-electron chi connectivity index (χ3n) is 3.73. The van der Waals surface area contributed by atoms with Crippen molar-refractivity contribution in [3.63, 3.8) is 0 Å². The van der Waals surface area contributed by atoms with Crippen molar-refractivity contribution in [1.82, 2.24) is 10.6 Å². The molecule has 1 saturated heterocycles. The van der Waals surface area contributed by atoms with Crippen LogP contribution in [0.25, 0.3) is 10.1 Å². The summed E-state index contributed by atoms with van der Waals surface area (Å²) >= 11 is 1.84. The van der Waals surface area contributed by atoms with Gasteiger partial charge in [0.1, 0.15) is 0 Å². The first kappa shape index (κ1) is 12.2. The highest BCUT2D eigenvalue weighted by Gasteiger charge is 2.29. The molecule has 0 spiro atoms. The van der Waals surface area contributed by atoms with Gasteiger partial charge in [0.25, 0.3) is 0 Å². The lowest BCUT2D eigenvalue weighted by molar-refractivity contribution is 0.442. The minimum Gasteiger partial charge on any atom is -0.310 e. The van der Waals surface area contributed by atoms with Crippen molar-refractivity contribution >= 4 is 21.4 Å². The molecule has 1 unspecified atom stereocenters. The Labute approximate surface area is 112 Å². The highest BCUT2D eigenvalue weighted by atomic mass is 32.1. The highest BCUT2D eigenvalue weighted by molar-refractivity contribution is 7.17. The molecule has 2 heterocycles. The number of rotatable bonds is 3. The quantitative estimate of drug-likeness (QED) is 0.886. The Morgan fingerprint density at radius 3 is 3.00 bits per heavy atom. The Kier molecular flexibility index (Phi) is 3.14. The smallest absolute Gasteiger partial charge is 0.0346 e. The number of nitrogens with one attached hydrogen (secondary N) is 2. The Balaban J connectivity index is 1.67. The van der Waals surface area contributed by atoms with E-state index in [0.29, 0.717) is 6.04 Å². The van der Waals surface area contributed by atoms with Crippen molar-refractivity contribution in [3.8, 4) is 0 Å². The van der Waals surface area contributed by atoms with Crippen LogP contribution < -0.4 is 10.6 Å². The largest absolute Gasteiger partial charge is 0.310 e. The van der Waals surface area contributed by atoms with Gasteiger partial charge in [-0.1, -0.05) is 18.2 Å². The molecule has 2 N–H and O–H groups in total. The maximum absolute atomic E-state index is 3.68. The van der Waals surface area contributed by atoms with Crippen molar-refractivity contribution < 1.29 is 0 Å². The lowest BCUT2D eigenvalue weighted by Gasteiger charge is -2.17. The van der Waals surface area contributed by atoms with E-state index in [9.17, 15) is 0 Å². The van der Waals surface area contributed by atoms with Crippen molar-refractivity contribution in [3.05, 3.63) is 35.2 Å². The molecule has 0 aliphatic carbocycles. The molecule has 1 aliphatic rings. The molecule has 0 radical (unpaired) electrons. The van der Waals surface area contributed by atoms with Crippen LogP contribution in [0.2, 0.25) is 0 Å². The average molecular weight is 260 g/mol. The van der Waals surface area contributed by atoms with Gasteiger partial charge in [-0.3, -0.25) is 0 Å². The maximum atomic E-state index is 3.68. The molecule has 0 bridgehead atoms. The molecular formula is C15H20N2S. The summed E-state index contributed by atoms with van der Waals surface area (Å²) in [6.45, 7) is 6.60. The van der Waals surface area contributed by atoms with Gasteiger partial charge in [0, 0.05) is 29.4 Å². The number of benzene rings is 1. The van der Waals surface area contributed by atoms with Crippen LogP contribution >= 0.6 is 11.3 Å². The average Bonchev–Trinajstić information content (AvgIpc) is 2.90. The summed E-state index contributed by atoms with van der Waals surface area (Å²) in [6, 6.07) is 9.25. The summed E-state index contributed by atoms with van der Waals surface area (Å²) < 4.78 is 1.39. The van der Waals surface area contributed by atoms with E-state index in [2.05, 4.69) is 54.1 Å². The molecule has 3 rings (SSSR count). The molecule has 1 aromatic heterocycles. The van der Waals surface area contributed by atoms with E-state index in [1.54, 1.807) is 0 Å². The molecule has 2 nitrogen and oxygen atoms in total. The lowest BCUT2D eigenvalue weighted by Crippen LogP contribution is -2.31. The predicted molar refractivity (Wildman–Crippen MR) is 79.2 cm³/mol. The second-order valence-electron chi connectivity index (χ2n) is 5.80. The molecule has 1 atom stereocenters. The van der Waals surface area contributed by atoms with E-state index in [4.69, 9.17) is 0 Å². The summed E-state index contributed by atoms with van der Waals surface area (Å²) in [6.07, 6.45) is 1.20. The van der Waals surface area contributed by atoms with Crippen molar-refractivity contribution in [1.29, 1.82) is 0 Å².